The predicted molar refractivity (Wildman–Crippen MR) is 118 cm³/mol. The Morgan fingerprint density at radius 2 is 2.11 bits per heavy atom. The number of amides is 2. The zero-order valence-corrected chi connectivity index (χ0v) is 19.3. The molecule has 2 aliphatic heterocycles. The van der Waals surface area contributed by atoms with E-state index in [1.807, 2.05) is 0 Å². The minimum atomic E-state index is -1.50. The highest BCUT2D eigenvalue weighted by molar-refractivity contribution is 8.00. The van der Waals surface area contributed by atoms with Gasteiger partial charge in [-0.1, -0.05) is 5.16 Å². The normalized spacial score (nSPS) is 19.6. The van der Waals surface area contributed by atoms with E-state index in [-0.39, 0.29) is 34.5 Å². The van der Waals surface area contributed by atoms with Gasteiger partial charge in [0, 0.05) is 16.7 Å². The smallest absolute Gasteiger partial charge is 0.344 e. The van der Waals surface area contributed by atoms with E-state index in [9.17, 15) is 24.3 Å². The molecule has 2 atom stereocenters. The Bertz CT molecular complexity index is 1250. The summed E-state index contributed by atoms with van der Waals surface area (Å²) in [6.07, 6.45) is 6.42. The van der Waals surface area contributed by atoms with Crippen LogP contribution in [-0.2, 0) is 30.6 Å². The van der Waals surface area contributed by atoms with E-state index in [1.165, 1.54) is 17.1 Å². The van der Waals surface area contributed by atoms with Crippen LogP contribution in [-0.4, -0.2) is 73.2 Å². The highest BCUT2D eigenvalue weighted by Crippen LogP contribution is 2.40. The molecule has 1 unspecified atom stereocenters. The molecule has 0 aliphatic carbocycles. The molecule has 2 aromatic heterocycles. The van der Waals surface area contributed by atoms with Crippen LogP contribution in [0.15, 0.2) is 46.6 Å². The second-order valence-electron chi connectivity index (χ2n) is 7.20. The van der Waals surface area contributed by atoms with E-state index in [1.54, 1.807) is 29.4 Å². The average molecular weight is 520 g/mol. The number of carbonyl (C=O) groups is 4. The van der Waals surface area contributed by atoms with Gasteiger partial charge in [-0.25, -0.2) is 9.78 Å². The van der Waals surface area contributed by atoms with Crippen LogP contribution >= 0.6 is 23.1 Å². The molecule has 35 heavy (non-hydrogen) atoms. The summed E-state index contributed by atoms with van der Waals surface area (Å²) in [6.45, 7) is -0.585. The van der Waals surface area contributed by atoms with Gasteiger partial charge >= 0.3 is 5.97 Å². The third-order valence-corrected chi connectivity index (χ3v) is 6.93. The molecule has 0 spiro atoms. The number of anilines is 1. The number of thiazole rings is 1. The van der Waals surface area contributed by atoms with Crippen LogP contribution in [0.1, 0.15) is 5.69 Å². The number of β-lactam (4-membered cyclic amide) rings is 1. The summed E-state index contributed by atoms with van der Waals surface area (Å²) in [4.78, 5) is 62.0. The van der Waals surface area contributed by atoms with Crippen LogP contribution in [0.2, 0.25) is 0 Å². The molecule has 182 valence electrons. The first-order chi connectivity index (χ1) is 16.8. The fraction of sp³-hybridized carbons (Fsp3) is 0.263. The van der Waals surface area contributed by atoms with Crippen LogP contribution < -0.4 is 20.7 Å². The SMILES string of the molecule is Nc1nc(C(=NOCC(=O)O)C(=O)NC2C(=O)N3C(C(=O)[O-])=C(C[n+]4ccncc4)CS[C@@H]23)cs1. The molecule has 2 aliphatic rings. The summed E-state index contributed by atoms with van der Waals surface area (Å²) in [5.74, 6) is -4.03. The number of nitrogen functional groups attached to an aromatic ring is 1. The van der Waals surface area contributed by atoms with E-state index in [4.69, 9.17) is 10.8 Å². The van der Waals surface area contributed by atoms with Gasteiger partial charge in [-0.15, -0.1) is 23.1 Å². The number of carboxylic acid groups (broad SMARTS) is 2. The van der Waals surface area contributed by atoms with Gasteiger partial charge in [0.25, 0.3) is 11.8 Å². The summed E-state index contributed by atoms with van der Waals surface area (Å²) < 4.78 is 1.72. The summed E-state index contributed by atoms with van der Waals surface area (Å²) in [5.41, 5.74) is 5.49. The van der Waals surface area contributed by atoms with Crippen LogP contribution in [0, 0.1) is 0 Å². The molecule has 1 saturated heterocycles. The number of hydrogen-bond donors (Lipinski definition) is 3. The van der Waals surface area contributed by atoms with Crippen LogP contribution in [0.25, 0.3) is 0 Å². The number of aromatic nitrogens is 3. The first-order valence-electron chi connectivity index (χ1n) is 9.87. The topological polar surface area (TPSA) is 204 Å². The molecule has 0 saturated carbocycles. The van der Waals surface area contributed by atoms with Crippen molar-refractivity contribution in [2.24, 2.45) is 5.16 Å². The molecule has 2 aromatic rings. The Kier molecular flexibility index (Phi) is 6.92. The Morgan fingerprint density at radius 1 is 1.37 bits per heavy atom. The summed E-state index contributed by atoms with van der Waals surface area (Å²) >= 11 is 2.30. The van der Waals surface area contributed by atoms with Crippen molar-refractivity contribution in [3.63, 3.8) is 0 Å². The third-order valence-electron chi connectivity index (χ3n) is 4.91. The Labute approximate surface area is 205 Å². The first-order valence-corrected chi connectivity index (χ1v) is 11.8. The highest BCUT2D eigenvalue weighted by Gasteiger charge is 2.53. The van der Waals surface area contributed by atoms with Gasteiger partial charge in [-0.3, -0.25) is 19.5 Å². The monoisotopic (exact) mass is 519 g/mol. The van der Waals surface area contributed by atoms with Crippen molar-refractivity contribution >= 4 is 57.7 Å². The van der Waals surface area contributed by atoms with Crippen LogP contribution in [0.4, 0.5) is 5.13 Å². The maximum Gasteiger partial charge on any atom is 0.344 e. The molecule has 16 heteroatoms. The quantitative estimate of drug-likeness (QED) is 0.135. The average Bonchev–Trinajstić information content (AvgIpc) is 3.25. The molecule has 1 fully saturated rings. The molecule has 0 radical (unpaired) electrons. The van der Waals surface area contributed by atoms with Gasteiger partial charge in [0.05, 0.1) is 24.1 Å². The minimum absolute atomic E-state index is 0.0299. The number of hydrogen-bond acceptors (Lipinski definition) is 12. The standard InChI is InChI=1S/C19H17N7O7S2/c20-19-22-10(8-35-19)12(24-33-6-11(27)28)15(29)23-13-16(30)26-14(18(31)32)9(7-34-17(13)26)5-25-3-1-21-2-4-25/h1-4,8,13,17H,5-7H2,(H4-,20,22,23,27,28,29,31,32)/t13?,17-/m0/s1. The van der Waals surface area contributed by atoms with E-state index >= 15 is 0 Å². The number of nitrogens with one attached hydrogen (secondary N) is 1. The number of oxime groups is 1. The van der Waals surface area contributed by atoms with Gasteiger partial charge in [0.15, 0.2) is 29.8 Å². The molecule has 0 bridgehead atoms. The van der Waals surface area contributed by atoms with Gasteiger partial charge < -0.3 is 30.9 Å². The van der Waals surface area contributed by atoms with Crippen LogP contribution in [0.5, 0.6) is 0 Å². The van der Waals surface area contributed by atoms with Crippen molar-refractivity contribution in [3.05, 3.63) is 47.1 Å². The van der Waals surface area contributed by atoms with Gasteiger partial charge in [-0.05, 0) is 0 Å². The Balaban J connectivity index is 1.52. The lowest BCUT2D eigenvalue weighted by Crippen LogP contribution is -2.71. The van der Waals surface area contributed by atoms with Gasteiger partial charge in [0.1, 0.15) is 17.1 Å². The molecule has 0 aromatic carbocycles. The Hall–Kier alpha value is -4.05. The van der Waals surface area contributed by atoms with Crippen molar-refractivity contribution < 1.29 is 38.8 Å². The van der Waals surface area contributed by atoms with Crippen molar-refractivity contribution in [1.29, 1.82) is 0 Å². The van der Waals surface area contributed by atoms with E-state index in [0.717, 1.165) is 16.2 Å². The number of carboxylic acids is 2. The number of nitrogens with two attached hydrogens (primary N) is 1. The predicted octanol–water partition coefficient (Wildman–Crippen LogP) is -2.68. The van der Waals surface area contributed by atoms with Crippen molar-refractivity contribution in [2.45, 2.75) is 18.0 Å². The maximum absolute atomic E-state index is 12.9. The number of thioether (sulfide) groups is 1. The first kappa shape index (κ1) is 24.1. The maximum atomic E-state index is 12.9. The Morgan fingerprint density at radius 3 is 2.74 bits per heavy atom. The van der Waals surface area contributed by atoms with Crippen molar-refractivity contribution in [2.75, 3.05) is 18.1 Å². The summed E-state index contributed by atoms with van der Waals surface area (Å²) in [7, 11) is 0. The number of aliphatic carboxylic acids is 2. The second kappa shape index (κ2) is 10.1. The lowest BCUT2D eigenvalue weighted by Gasteiger charge is -2.50. The van der Waals surface area contributed by atoms with Crippen LogP contribution in [0.3, 0.4) is 0 Å². The highest BCUT2D eigenvalue weighted by atomic mass is 32.2. The molecule has 14 nitrogen and oxygen atoms in total. The lowest BCUT2D eigenvalue weighted by atomic mass is 10.0. The summed E-state index contributed by atoms with van der Waals surface area (Å²) in [5, 5.41) is 27.6. The fourth-order valence-electron chi connectivity index (χ4n) is 3.43. The second-order valence-corrected chi connectivity index (χ2v) is 9.19. The third kappa shape index (κ3) is 5.07. The minimum Gasteiger partial charge on any atom is -0.543 e. The number of fused-ring (bicyclic) bond motifs is 1. The van der Waals surface area contributed by atoms with Gasteiger partial charge in [0.2, 0.25) is 6.61 Å². The summed E-state index contributed by atoms with van der Waals surface area (Å²) in [6, 6.07) is -1.06. The molecule has 4 N–H and O–H groups in total. The zero-order valence-electron chi connectivity index (χ0n) is 17.7. The lowest BCUT2D eigenvalue weighted by molar-refractivity contribution is -0.689. The van der Waals surface area contributed by atoms with Crippen molar-refractivity contribution in [1.82, 2.24) is 20.2 Å². The molecular formula is C19H17N7O7S2. The van der Waals surface area contributed by atoms with Gasteiger partial charge in [-0.2, -0.15) is 4.57 Å². The number of rotatable bonds is 9. The van der Waals surface area contributed by atoms with E-state index in [2.05, 4.69) is 25.3 Å². The van der Waals surface area contributed by atoms with E-state index in [0.29, 0.717) is 5.57 Å². The number of carbonyl (C=O) groups excluding carboxylic acids is 3. The largest absolute Gasteiger partial charge is 0.543 e. The van der Waals surface area contributed by atoms with E-state index < -0.39 is 41.8 Å². The molecular weight excluding hydrogens is 502 g/mol. The number of nitrogens with zero attached hydrogens (tertiary/aromatic N) is 5. The fourth-order valence-corrected chi connectivity index (χ4v) is 5.31. The molecule has 4 heterocycles. The van der Waals surface area contributed by atoms with Crippen molar-refractivity contribution in [3.8, 4) is 0 Å². The molecule has 4 rings (SSSR count). The molecule has 2 amide bonds. The zero-order chi connectivity index (χ0) is 25.1.